The standard InChI is InChI=1S/C30H41/c1-7-11-24(2)25(3)12-8-13-26-14-9-15-27(19-18-26)20-21-28-16-10-17-29(22-28)23-30(4,5)6/h10-11,15-19,22,25H,7-8,12-13,20-21,23H2,1-6H3/b24-11+. The van der Waals surface area contributed by atoms with E-state index in [2.05, 4.69) is 102 Å². The second-order valence-electron chi connectivity index (χ2n) is 10.1. The topological polar surface area (TPSA) is 0 Å². The SMILES string of the molecule is CC/C=C(\C)C(C)CCCC1=C=C=CC(CCc2cccc(CC(C)(C)C)c2)=C[CH]1. The highest BCUT2D eigenvalue weighted by Crippen LogP contribution is 2.23. The Hall–Kier alpha value is -2.00. The lowest BCUT2D eigenvalue weighted by molar-refractivity contribution is 0.411. The summed E-state index contributed by atoms with van der Waals surface area (Å²) in [4.78, 5) is 0. The van der Waals surface area contributed by atoms with Crippen molar-refractivity contribution in [1.82, 2.24) is 0 Å². The molecule has 0 heteroatoms. The summed E-state index contributed by atoms with van der Waals surface area (Å²) < 4.78 is 0. The van der Waals surface area contributed by atoms with Crippen molar-refractivity contribution in [3.05, 3.63) is 88.2 Å². The lowest BCUT2D eigenvalue weighted by Gasteiger charge is -2.18. The van der Waals surface area contributed by atoms with Crippen molar-refractivity contribution in [2.75, 3.05) is 0 Å². The van der Waals surface area contributed by atoms with E-state index in [1.54, 1.807) is 0 Å². The van der Waals surface area contributed by atoms with Gasteiger partial charge in [0.1, 0.15) is 0 Å². The number of allylic oxidation sites excluding steroid dienone is 6. The minimum atomic E-state index is 0.329. The summed E-state index contributed by atoms with van der Waals surface area (Å²) in [5.41, 5.74) is 14.0. The molecule has 0 N–H and O–H groups in total. The van der Waals surface area contributed by atoms with Gasteiger partial charge in [0.25, 0.3) is 0 Å². The van der Waals surface area contributed by atoms with Crippen LogP contribution in [0.5, 0.6) is 0 Å². The molecule has 0 aromatic heterocycles. The summed E-state index contributed by atoms with van der Waals surface area (Å²) in [6, 6.07) is 9.10. The molecule has 0 amide bonds. The van der Waals surface area contributed by atoms with Crippen molar-refractivity contribution in [3.8, 4) is 0 Å². The number of rotatable bonds is 10. The predicted molar refractivity (Wildman–Crippen MR) is 132 cm³/mol. The fraction of sp³-hybridized carbons (Fsp3) is 0.500. The third kappa shape index (κ3) is 9.21. The van der Waals surface area contributed by atoms with Gasteiger partial charge in [-0.25, -0.2) is 0 Å². The van der Waals surface area contributed by atoms with Gasteiger partial charge in [-0.2, -0.15) is 0 Å². The maximum absolute atomic E-state index is 3.36. The fourth-order valence-corrected chi connectivity index (χ4v) is 3.97. The Morgan fingerprint density at radius 1 is 1.10 bits per heavy atom. The largest absolute Gasteiger partial charge is 0.0856 e. The molecule has 0 bridgehead atoms. The Morgan fingerprint density at radius 2 is 1.87 bits per heavy atom. The molecule has 1 aromatic carbocycles. The third-order valence-corrected chi connectivity index (χ3v) is 5.80. The molecule has 1 aromatic rings. The van der Waals surface area contributed by atoms with E-state index in [9.17, 15) is 0 Å². The van der Waals surface area contributed by atoms with Crippen LogP contribution in [0.3, 0.4) is 0 Å². The number of hydrogen-bond acceptors (Lipinski definition) is 0. The highest BCUT2D eigenvalue weighted by molar-refractivity contribution is 5.33. The maximum Gasteiger partial charge on any atom is 0.0172 e. The quantitative estimate of drug-likeness (QED) is 0.271. The minimum Gasteiger partial charge on any atom is -0.0856 e. The smallest absolute Gasteiger partial charge is 0.0172 e. The molecule has 0 fully saturated rings. The Labute approximate surface area is 186 Å². The highest BCUT2D eigenvalue weighted by atomic mass is 14.2. The van der Waals surface area contributed by atoms with Gasteiger partial charge in [-0.1, -0.05) is 88.1 Å². The Kier molecular flexibility index (Phi) is 9.71. The van der Waals surface area contributed by atoms with Crippen molar-refractivity contribution in [2.45, 2.75) is 86.5 Å². The van der Waals surface area contributed by atoms with Crippen molar-refractivity contribution in [2.24, 2.45) is 11.3 Å². The minimum absolute atomic E-state index is 0.329. The molecule has 30 heavy (non-hydrogen) atoms. The van der Waals surface area contributed by atoms with Crippen LogP contribution in [0.4, 0.5) is 0 Å². The zero-order valence-electron chi connectivity index (χ0n) is 20.1. The molecule has 1 aliphatic rings. The van der Waals surface area contributed by atoms with Crippen LogP contribution in [-0.2, 0) is 12.8 Å². The van der Waals surface area contributed by atoms with Crippen molar-refractivity contribution in [1.29, 1.82) is 0 Å². The van der Waals surface area contributed by atoms with E-state index >= 15 is 0 Å². The number of hydrogen-bond donors (Lipinski definition) is 0. The van der Waals surface area contributed by atoms with Gasteiger partial charge in [0.2, 0.25) is 0 Å². The molecular weight excluding hydrogens is 360 g/mol. The summed E-state index contributed by atoms with van der Waals surface area (Å²) >= 11 is 0. The van der Waals surface area contributed by atoms with Gasteiger partial charge in [0.15, 0.2) is 0 Å². The number of benzene rings is 1. The molecule has 1 radical (unpaired) electrons. The van der Waals surface area contributed by atoms with Crippen LogP contribution in [0.1, 0.15) is 84.8 Å². The first-order valence-corrected chi connectivity index (χ1v) is 11.8. The Balaban J connectivity index is 1.82. The molecule has 0 spiro atoms. The van der Waals surface area contributed by atoms with Crippen molar-refractivity contribution in [3.63, 3.8) is 0 Å². The molecule has 1 atom stereocenters. The van der Waals surface area contributed by atoms with E-state index < -0.39 is 0 Å². The Morgan fingerprint density at radius 3 is 2.60 bits per heavy atom. The van der Waals surface area contributed by atoms with Gasteiger partial charge in [0.05, 0.1) is 0 Å². The van der Waals surface area contributed by atoms with Crippen LogP contribution in [-0.4, -0.2) is 0 Å². The molecule has 0 saturated heterocycles. The third-order valence-electron chi connectivity index (χ3n) is 5.80. The molecular formula is C30H41. The van der Waals surface area contributed by atoms with E-state index in [0.717, 1.165) is 32.1 Å². The van der Waals surface area contributed by atoms with Crippen molar-refractivity contribution < 1.29 is 0 Å². The molecule has 2 rings (SSSR count). The van der Waals surface area contributed by atoms with Crippen LogP contribution in [0.15, 0.2) is 70.7 Å². The molecule has 1 unspecified atom stereocenters. The first-order chi connectivity index (χ1) is 14.3. The molecule has 0 saturated carbocycles. The summed E-state index contributed by atoms with van der Waals surface area (Å²) in [7, 11) is 0. The van der Waals surface area contributed by atoms with Gasteiger partial charge < -0.3 is 0 Å². The second kappa shape index (κ2) is 12.0. The van der Waals surface area contributed by atoms with E-state index in [1.807, 2.05) is 0 Å². The number of aryl methyl sites for hydroxylation is 1. The lowest BCUT2D eigenvalue weighted by atomic mass is 9.87. The normalized spacial score (nSPS) is 15.6. The molecule has 161 valence electrons. The van der Waals surface area contributed by atoms with E-state index in [1.165, 1.54) is 40.7 Å². The van der Waals surface area contributed by atoms with Crippen LogP contribution in [0, 0.1) is 17.8 Å². The zero-order valence-corrected chi connectivity index (χ0v) is 20.1. The van der Waals surface area contributed by atoms with Crippen LogP contribution in [0.2, 0.25) is 0 Å². The average molecular weight is 402 g/mol. The fourth-order valence-electron chi connectivity index (χ4n) is 3.97. The molecule has 0 nitrogen and oxygen atoms in total. The van der Waals surface area contributed by atoms with Crippen LogP contribution in [0.25, 0.3) is 0 Å². The van der Waals surface area contributed by atoms with Gasteiger partial charge in [-0.3, -0.25) is 0 Å². The second-order valence-corrected chi connectivity index (χ2v) is 10.1. The van der Waals surface area contributed by atoms with Crippen LogP contribution >= 0.6 is 0 Å². The van der Waals surface area contributed by atoms with Crippen LogP contribution < -0.4 is 0 Å². The summed E-state index contributed by atoms with van der Waals surface area (Å²) in [6.45, 7) is 13.7. The van der Waals surface area contributed by atoms with Gasteiger partial charge in [0, 0.05) is 6.42 Å². The monoisotopic (exact) mass is 401 g/mol. The lowest BCUT2D eigenvalue weighted by Crippen LogP contribution is -2.09. The highest BCUT2D eigenvalue weighted by Gasteiger charge is 2.11. The van der Waals surface area contributed by atoms with Crippen molar-refractivity contribution >= 4 is 0 Å². The summed E-state index contributed by atoms with van der Waals surface area (Å²) in [6.07, 6.45) is 16.9. The summed E-state index contributed by atoms with van der Waals surface area (Å²) in [5, 5.41) is 0. The predicted octanol–water partition coefficient (Wildman–Crippen LogP) is 8.75. The first kappa shape index (κ1) is 24.3. The van der Waals surface area contributed by atoms with E-state index in [4.69, 9.17) is 0 Å². The molecule has 1 aliphatic carbocycles. The van der Waals surface area contributed by atoms with Gasteiger partial charge >= 0.3 is 0 Å². The molecule has 0 aliphatic heterocycles. The Bertz CT molecular complexity index is 840. The first-order valence-electron chi connectivity index (χ1n) is 11.8. The van der Waals surface area contributed by atoms with Gasteiger partial charge in [-0.15, -0.1) is 0 Å². The van der Waals surface area contributed by atoms with E-state index in [0.29, 0.717) is 11.3 Å². The maximum atomic E-state index is 3.36. The summed E-state index contributed by atoms with van der Waals surface area (Å²) in [5.74, 6) is 0.677. The average Bonchev–Trinajstić information content (AvgIpc) is 2.91. The zero-order chi connectivity index (χ0) is 22.0. The molecule has 0 heterocycles. The van der Waals surface area contributed by atoms with E-state index in [-0.39, 0.29) is 0 Å². The van der Waals surface area contributed by atoms with Gasteiger partial charge in [-0.05, 0) is 91.6 Å².